The lowest BCUT2D eigenvalue weighted by molar-refractivity contribution is 0.475. The zero-order chi connectivity index (χ0) is 13.2. The molecule has 0 radical (unpaired) electrons. The number of halogens is 1. The Labute approximate surface area is 124 Å². The van der Waals surface area contributed by atoms with Crippen LogP contribution in [0.15, 0.2) is 42.6 Å². The number of nitrogens with zero attached hydrogens (tertiary/aromatic N) is 1. The lowest BCUT2D eigenvalue weighted by Gasteiger charge is -2.06. The zero-order valence-corrected chi connectivity index (χ0v) is 11.8. The Kier molecular flexibility index (Phi) is 4.47. The van der Waals surface area contributed by atoms with E-state index in [2.05, 4.69) is 16.4 Å². The van der Waals surface area contributed by atoms with Gasteiger partial charge >= 0.3 is 0 Å². The van der Waals surface area contributed by atoms with E-state index in [4.69, 9.17) is 5.73 Å². The summed E-state index contributed by atoms with van der Waals surface area (Å²) in [5.74, 6) is 1.64. The number of phenols is 1. The lowest BCUT2D eigenvalue weighted by atomic mass is 10.2. The van der Waals surface area contributed by atoms with Crippen molar-refractivity contribution in [1.29, 1.82) is 0 Å². The summed E-state index contributed by atoms with van der Waals surface area (Å²) in [7, 11) is 0. The molecule has 1 aromatic heterocycles. The first kappa shape index (κ1) is 14.6. The van der Waals surface area contributed by atoms with E-state index in [1.54, 1.807) is 12.1 Å². The molecular formula is C15H18ClN3O. The minimum atomic E-state index is 0. The number of hydrogen-bond acceptors (Lipinski definition) is 4. The normalized spacial score (nSPS) is 20.1. The summed E-state index contributed by atoms with van der Waals surface area (Å²) in [6.45, 7) is 0.690. The number of anilines is 1. The van der Waals surface area contributed by atoms with Gasteiger partial charge in [-0.2, -0.15) is 0 Å². The van der Waals surface area contributed by atoms with Crippen LogP contribution in [-0.2, 0) is 6.54 Å². The summed E-state index contributed by atoms with van der Waals surface area (Å²) in [5.41, 5.74) is 8.15. The molecule has 1 saturated carbocycles. The monoisotopic (exact) mass is 291 g/mol. The smallest absolute Gasteiger partial charge is 0.126 e. The van der Waals surface area contributed by atoms with Crippen LogP contribution in [0.5, 0.6) is 5.75 Å². The number of aromatic nitrogens is 1. The van der Waals surface area contributed by atoms with Crippen molar-refractivity contribution < 1.29 is 5.11 Å². The summed E-state index contributed by atoms with van der Waals surface area (Å²) in [6, 6.07) is 11.5. The number of hydrogen-bond donors (Lipinski definition) is 3. The second-order valence-corrected chi connectivity index (χ2v) is 5.00. The van der Waals surface area contributed by atoms with E-state index in [1.807, 2.05) is 24.4 Å². The van der Waals surface area contributed by atoms with Gasteiger partial charge in [-0.25, -0.2) is 4.98 Å². The molecule has 106 valence electrons. The van der Waals surface area contributed by atoms with Crippen LogP contribution in [-0.4, -0.2) is 16.1 Å². The minimum absolute atomic E-state index is 0. The minimum Gasteiger partial charge on any atom is -0.508 e. The molecule has 2 aromatic rings. The number of benzene rings is 1. The first-order valence-electron chi connectivity index (χ1n) is 6.46. The molecule has 0 spiro atoms. The third-order valence-electron chi connectivity index (χ3n) is 3.46. The predicted octanol–water partition coefficient (Wildman–Crippen LogP) is 2.64. The fourth-order valence-electron chi connectivity index (χ4n) is 2.13. The Morgan fingerprint density at radius 3 is 2.45 bits per heavy atom. The van der Waals surface area contributed by atoms with Crippen LogP contribution in [0.2, 0.25) is 0 Å². The first-order chi connectivity index (χ1) is 9.22. The lowest BCUT2D eigenvalue weighted by Crippen LogP contribution is -2.03. The van der Waals surface area contributed by atoms with Crippen LogP contribution in [0.25, 0.3) is 0 Å². The van der Waals surface area contributed by atoms with Crippen LogP contribution in [0.3, 0.4) is 0 Å². The summed E-state index contributed by atoms with van der Waals surface area (Å²) in [4.78, 5) is 4.39. The van der Waals surface area contributed by atoms with E-state index < -0.39 is 0 Å². The Morgan fingerprint density at radius 1 is 1.20 bits per heavy atom. The van der Waals surface area contributed by atoms with Gasteiger partial charge in [-0.15, -0.1) is 12.4 Å². The van der Waals surface area contributed by atoms with Gasteiger partial charge in [0, 0.05) is 24.7 Å². The largest absolute Gasteiger partial charge is 0.508 e. The standard InChI is InChI=1S/C15H17N3O.ClH/c16-14-7-13(14)11-3-6-15(18-9-11)17-8-10-1-4-12(19)5-2-10;/h1-6,9,13-14,19H,7-8,16H2,(H,17,18);1H. The molecule has 4 N–H and O–H groups in total. The highest BCUT2D eigenvalue weighted by Gasteiger charge is 2.34. The second-order valence-electron chi connectivity index (χ2n) is 5.00. The van der Waals surface area contributed by atoms with Crippen molar-refractivity contribution in [3.05, 3.63) is 53.7 Å². The summed E-state index contributed by atoms with van der Waals surface area (Å²) < 4.78 is 0. The van der Waals surface area contributed by atoms with Gasteiger partial charge in [-0.05, 0) is 35.7 Å². The molecule has 5 heteroatoms. The van der Waals surface area contributed by atoms with Gasteiger partial charge in [0.2, 0.25) is 0 Å². The molecule has 0 bridgehead atoms. The molecule has 4 nitrogen and oxygen atoms in total. The molecule has 1 aliphatic carbocycles. The molecule has 1 aliphatic rings. The van der Waals surface area contributed by atoms with Gasteiger partial charge in [0.25, 0.3) is 0 Å². The summed E-state index contributed by atoms with van der Waals surface area (Å²) in [5, 5.41) is 12.5. The van der Waals surface area contributed by atoms with E-state index >= 15 is 0 Å². The fourth-order valence-corrected chi connectivity index (χ4v) is 2.13. The molecule has 1 fully saturated rings. The molecule has 20 heavy (non-hydrogen) atoms. The quantitative estimate of drug-likeness (QED) is 0.810. The summed E-state index contributed by atoms with van der Waals surface area (Å²) >= 11 is 0. The van der Waals surface area contributed by atoms with Crippen molar-refractivity contribution >= 4 is 18.2 Å². The fraction of sp³-hybridized carbons (Fsp3) is 0.267. The molecule has 1 aromatic carbocycles. The highest BCUT2D eigenvalue weighted by molar-refractivity contribution is 5.85. The van der Waals surface area contributed by atoms with Gasteiger partial charge < -0.3 is 16.2 Å². The van der Waals surface area contributed by atoms with Crippen LogP contribution in [0.4, 0.5) is 5.82 Å². The molecule has 1 heterocycles. The maximum Gasteiger partial charge on any atom is 0.126 e. The predicted molar refractivity (Wildman–Crippen MR) is 82.3 cm³/mol. The SMILES string of the molecule is Cl.NC1CC1c1ccc(NCc2ccc(O)cc2)nc1. The molecule has 3 rings (SSSR count). The highest BCUT2D eigenvalue weighted by Crippen LogP contribution is 2.38. The molecule has 0 aliphatic heterocycles. The van der Waals surface area contributed by atoms with Crippen molar-refractivity contribution in [2.24, 2.45) is 5.73 Å². The van der Waals surface area contributed by atoms with Gasteiger partial charge in [-0.1, -0.05) is 18.2 Å². The second kappa shape index (κ2) is 6.11. The molecule has 0 saturated heterocycles. The van der Waals surface area contributed by atoms with E-state index in [1.165, 1.54) is 5.56 Å². The number of phenolic OH excluding ortho intramolecular Hbond substituents is 1. The third kappa shape index (κ3) is 3.40. The van der Waals surface area contributed by atoms with Crippen molar-refractivity contribution in [3.8, 4) is 5.75 Å². The average Bonchev–Trinajstić information content (AvgIpc) is 3.16. The Morgan fingerprint density at radius 2 is 1.90 bits per heavy atom. The Balaban J connectivity index is 0.00000147. The van der Waals surface area contributed by atoms with Gasteiger partial charge in [0.05, 0.1) is 0 Å². The van der Waals surface area contributed by atoms with Crippen LogP contribution >= 0.6 is 12.4 Å². The Bertz CT molecular complexity index is 556. The van der Waals surface area contributed by atoms with Gasteiger partial charge in [-0.3, -0.25) is 0 Å². The first-order valence-corrected chi connectivity index (χ1v) is 6.46. The topological polar surface area (TPSA) is 71.2 Å². The van der Waals surface area contributed by atoms with Crippen molar-refractivity contribution in [1.82, 2.24) is 4.98 Å². The maximum atomic E-state index is 9.21. The average molecular weight is 292 g/mol. The molecule has 0 amide bonds. The number of pyridine rings is 1. The molecular weight excluding hydrogens is 274 g/mol. The van der Waals surface area contributed by atoms with Crippen molar-refractivity contribution in [3.63, 3.8) is 0 Å². The number of aromatic hydroxyl groups is 1. The van der Waals surface area contributed by atoms with Crippen LogP contribution in [0, 0.1) is 0 Å². The summed E-state index contributed by atoms with van der Waals surface area (Å²) in [6.07, 6.45) is 2.97. The van der Waals surface area contributed by atoms with E-state index in [9.17, 15) is 5.11 Å². The zero-order valence-electron chi connectivity index (χ0n) is 11.0. The van der Waals surface area contributed by atoms with Gasteiger partial charge in [0.1, 0.15) is 11.6 Å². The van der Waals surface area contributed by atoms with E-state index in [0.29, 0.717) is 18.5 Å². The molecule has 2 unspecified atom stereocenters. The van der Waals surface area contributed by atoms with E-state index in [0.717, 1.165) is 17.8 Å². The Hall–Kier alpha value is -1.78. The van der Waals surface area contributed by atoms with Crippen molar-refractivity contribution in [2.75, 3.05) is 5.32 Å². The van der Waals surface area contributed by atoms with Crippen molar-refractivity contribution in [2.45, 2.75) is 24.9 Å². The number of nitrogens with two attached hydrogens (primary N) is 1. The third-order valence-corrected chi connectivity index (χ3v) is 3.46. The number of rotatable bonds is 4. The van der Waals surface area contributed by atoms with Crippen LogP contribution < -0.4 is 11.1 Å². The van der Waals surface area contributed by atoms with Gasteiger partial charge in [0.15, 0.2) is 0 Å². The maximum absolute atomic E-state index is 9.21. The van der Waals surface area contributed by atoms with E-state index in [-0.39, 0.29) is 18.2 Å². The number of nitrogens with one attached hydrogen (secondary N) is 1. The van der Waals surface area contributed by atoms with Crippen LogP contribution in [0.1, 0.15) is 23.5 Å². The molecule has 2 atom stereocenters. The highest BCUT2D eigenvalue weighted by atomic mass is 35.5.